The minimum Gasteiger partial charge on any atom is -0.353 e. The molecular formula is C21H25N3O4. The molecule has 1 aromatic rings. The third-order valence-electron chi connectivity index (χ3n) is 5.76. The van der Waals surface area contributed by atoms with Crippen LogP contribution in [0.3, 0.4) is 0 Å². The number of carbonyl (C=O) groups is 4. The van der Waals surface area contributed by atoms with Gasteiger partial charge in [-0.25, -0.2) is 0 Å². The van der Waals surface area contributed by atoms with Crippen molar-refractivity contribution in [2.45, 2.75) is 51.6 Å². The number of hydrogen-bond donors (Lipinski definition) is 1. The van der Waals surface area contributed by atoms with E-state index in [0.717, 1.165) is 25.7 Å². The zero-order valence-corrected chi connectivity index (χ0v) is 16.2. The Balaban J connectivity index is 1.42. The number of hydrogen-bond acceptors (Lipinski definition) is 4. The maximum atomic E-state index is 12.9. The van der Waals surface area contributed by atoms with Gasteiger partial charge in [0.15, 0.2) is 0 Å². The molecule has 0 unspecified atom stereocenters. The van der Waals surface area contributed by atoms with Gasteiger partial charge in [0, 0.05) is 36.7 Å². The van der Waals surface area contributed by atoms with E-state index in [9.17, 15) is 19.2 Å². The first-order chi connectivity index (χ1) is 13.4. The highest BCUT2D eigenvalue weighted by molar-refractivity contribution is 6.22. The molecule has 0 atom stereocenters. The predicted molar refractivity (Wildman–Crippen MR) is 102 cm³/mol. The Kier molecular flexibility index (Phi) is 4.69. The number of piperidine rings is 1. The van der Waals surface area contributed by atoms with Crippen LogP contribution in [0.2, 0.25) is 0 Å². The third-order valence-corrected chi connectivity index (χ3v) is 5.76. The lowest BCUT2D eigenvalue weighted by Crippen LogP contribution is -2.46. The molecule has 28 heavy (non-hydrogen) atoms. The van der Waals surface area contributed by atoms with Crippen LogP contribution in [0.4, 0.5) is 0 Å². The summed E-state index contributed by atoms with van der Waals surface area (Å²) in [5, 5.41) is 3.08. The molecule has 1 saturated heterocycles. The summed E-state index contributed by atoms with van der Waals surface area (Å²) >= 11 is 0. The van der Waals surface area contributed by atoms with E-state index in [-0.39, 0.29) is 41.6 Å². The van der Waals surface area contributed by atoms with Gasteiger partial charge in [0.25, 0.3) is 17.7 Å². The molecule has 4 rings (SSSR count). The largest absolute Gasteiger partial charge is 0.353 e. The summed E-state index contributed by atoms with van der Waals surface area (Å²) < 4.78 is 0. The fraction of sp³-hybridized carbons (Fsp3) is 0.524. The molecule has 0 spiro atoms. The fourth-order valence-corrected chi connectivity index (χ4v) is 3.94. The second-order valence-electron chi connectivity index (χ2n) is 8.18. The topological polar surface area (TPSA) is 86.8 Å². The average Bonchev–Trinajstić information content (AvgIpc) is 3.49. The Morgan fingerprint density at radius 1 is 1.00 bits per heavy atom. The van der Waals surface area contributed by atoms with Crippen LogP contribution in [-0.2, 0) is 4.79 Å². The van der Waals surface area contributed by atoms with Gasteiger partial charge < -0.3 is 10.2 Å². The molecule has 1 N–H and O–H groups in total. The normalized spacial score (nSPS) is 20.0. The zero-order chi connectivity index (χ0) is 20.0. The van der Waals surface area contributed by atoms with Gasteiger partial charge in [-0.2, -0.15) is 0 Å². The van der Waals surface area contributed by atoms with Crippen LogP contribution < -0.4 is 5.32 Å². The van der Waals surface area contributed by atoms with Crippen molar-refractivity contribution in [2.75, 3.05) is 13.1 Å². The smallest absolute Gasteiger partial charge is 0.261 e. The lowest BCUT2D eigenvalue weighted by molar-refractivity contribution is -0.123. The van der Waals surface area contributed by atoms with Crippen molar-refractivity contribution in [3.63, 3.8) is 0 Å². The molecule has 0 radical (unpaired) electrons. The first-order valence-electron chi connectivity index (χ1n) is 9.98. The number of fused-ring (bicyclic) bond motifs is 1. The van der Waals surface area contributed by atoms with Gasteiger partial charge in [0.05, 0.1) is 11.1 Å². The minimum atomic E-state index is -0.342. The molecule has 148 valence electrons. The Bertz CT molecular complexity index is 851. The number of nitrogens with one attached hydrogen (secondary N) is 1. The molecule has 1 aromatic carbocycles. The fourth-order valence-electron chi connectivity index (χ4n) is 3.94. The summed E-state index contributed by atoms with van der Waals surface area (Å²) in [7, 11) is 0. The van der Waals surface area contributed by atoms with E-state index in [2.05, 4.69) is 5.32 Å². The summed E-state index contributed by atoms with van der Waals surface area (Å²) in [6.45, 7) is 4.72. The van der Waals surface area contributed by atoms with E-state index < -0.39 is 0 Å². The molecule has 1 saturated carbocycles. The SMILES string of the molecule is CC(C)N1C(=O)c2ccc(C(=O)N3CCC(NC(=O)C4CC4)CC3)cc2C1=O. The molecule has 0 bridgehead atoms. The Morgan fingerprint density at radius 3 is 2.25 bits per heavy atom. The molecule has 1 aliphatic carbocycles. The second-order valence-corrected chi connectivity index (χ2v) is 8.18. The highest BCUT2D eigenvalue weighted by Crippen LogP contribution is 2.29. The highest BCUT2D eigenvalue weighted by Gasteiger charge is 2.38. The Hall–Kier alpha value is -2.70. The molecule has 2 aliphatic heterocycles. The molecule has 7 nitrogen and oxygen atoms in total. The van der Waals surface area contributed by atoms with E-state index in [1.807, 2.05) is 0 Å². The van der Waals surface area contributed by atoms with Crippen LogP contribution >= 0.6 is 0 Å². The molecule has 4 amide bonds. The van der Waals surface area contributed by atoms with Crippen molar-refractivity contribution in [3.8, 4) is 0 Å². The van der Waals surface area contributed by atoms with Crippen molar-refractivity contribution in [1.82, 2.24) is 15.1 Å². The first-order valence-corrected chi connectivity index (χ1v) is 9.98. The van der Waals surface area contributed by atoms with Crippen molar-refractivity contribution >= 4 is 23.6 Å². The lowest BCUT2D eigenvalue weighted by atomic mass is 10.0. The number of nitrogens with zero attached hydrogens (tertiary/aromatic N) is 2. The quantitative estimate of drug-likeness (QED) is 0.804. The van der Waals surface area contributed by atoms with Crippen LogP contribution in [0.5, 0.6) is 0 Å². The highest BCUT2D eigenvalue weighted by atomic mass is 16.2. The summed E-state index contributed by atoms with van der Waals surface area (Å²) in [5.74, 6) is -0.455. The molecule has 2 fully saturated rings. The van der Waals surface area contributed by atoms with Crippen molar-refractivity contribution < 1.29 is 19.2 Å². The van der Waals surface area contributed by atoms with Crippen LogP contribution in [-0.4, -0.2) is 58.6 Å². The molecule has 3 aliphatic rings. The standard InChI is InChI=1S/C21H25N3O4/c1-12(2)24-20(27)16-6-5-14(11-17(16)21(24)28)19(26)23-9-7-15(8-10-23)22-18(25)13-3-4-13/h5-6,11-13,15H,3-4,7-10H2,1-2H3,(H,22,25). The average molecular weight is 383 g/mol. The predicted octanol–water partition coefficient (Wildman–Crippen LogP) is 1.82. The monoisotopic (exact) mass is 383 g/mol. The number of likely N-dealkylation sites (tertiary alicyclic amines) is 1. The van der Waals surface area contributed by atoms with Gasteiger partial charge >= 0.3 is 0 Å². The first kappa shape index (κ1) is 18.7. The number of carbonyl (C=O) groups excluding carboxylic acids is 4. The minimum absolute atomic E-state index is 0.121. The number of amides is 4. The van der Waals surface area contributed by atoms with Crippen LogP contribution in [0.25, 0.3) is 0 Å². The van der Waals surface area contributed by atoms with Gasteiger partial charge in [-0.1, -0.05) is 0 Å². The number of rotatable bonds is 4. The van der Waals surface area contributed by atoms with E-state index in [1.165, 1.54) is 4.90 Å². The number of benzene rings is 1. The summed E-state index contributed by atoms with van der Waals surface area (Å²) in [6.07, 6.45) is 3.43. The van der Waals surface area contributed by atoms with Crippen LogP contribution in [0.15, 0.2) is 18.2 Å². The summed E-state index contributed by atoms with van der Waals surface area (Å²) in [6, 6.07) is 4.64. The van der Waals surface area contributed by atoms with Crippen molar-refractivity contribution in [1.29, 1.82) is 0 Å². The molecule has 2 heterocycles. The maximum absolute atomic E-state index is 12.9. The lowest BCUT2D eigenvalue weighted by Gasteiger charge is -2.32. The third kappa shape index (κ3) is 3.30. The van der Waals surface area contributed by atoms with Crippen molar-refractivity contribution in [2.24, 2.45) is 5.92 Å². The molecular weight excluding hydrogens is 358 g/mol. The Morgan fingerprint density at radius 2 is 1.64 bits per heavy atom. The van der Waals surface area contributed by atoms with Crippen molar-refractivity contribution in [3.05, 3.63) is 34.9 Å². The number of imide groups is 1. The van der Waals surface area contributed by atoms with Gasteiger partial charge in [-0.3, -0.25) is 24.1 Å². The van der Waals surface area contributed by atoms with E-state index in [0.29, 0.717) is 29.8 Å². The van der Waals surface area contributed by atoms with Crippen LogP contribution in [0, 0.1) is 5.92 Å². The molecule has 7 heteroatoms. The molecule has 0 aromatic heterocycles. The zero-order valence-electron chi connectivity index (χ0n) is 16.2. The Labute approximate surface area is 164 Å². The van der Waals surface area contributed by atoms with Gasteiger partial charge in [0.1, 0.15) is 0 Å². The van der Waals surface area contributed by atoms with E-state index >= 15 is 0 Å². The van der Waals surface area contributed by atoms with E-state index in [1.54, 1.807) is 36.9 Å². The maximum Gasteiger partial charge on any atom is 0.261 e. The van der Waals surface area contributed by atoms with Gasteiger partial charge in [-0.05, 0) is 57.7 Å². The summed E-state index contributed by atoms with van der Waals surface area (Å²) in [5.41, 5.74) is 1.08. The van der Waals surface area contributed by atoms with E-state index in [4.69, 9.17) is 0 Å². The summed E-state index contributed by atoms with van der Waals surface area (Å²) in [4.78, 5) is 52.7. The van der Waals surface area contributed by atoms with Gasteiger partial charge in [0.2, 0.25) is 5.91 Å². The van der Waals surface area contributed by atoms with Gasteiger partial charge in [-0.15, -0.1) is 0 Å². The second kappa shape index (κ2) is 7.04. The van der Waals surface area contributed by atoms with Crippen LogP contribution in [0.1, 0.15) is 70.6 Å².